The van der Waals surface area contributed by atoms with Crippen molar-refractivity contribution in [2.45, 2.75) is 17.8 Å². The van der Waals surface area contributed by atoms with E-state index in [0.29, 0.717) is 16.5 Å². The summed E-state index contributed by atoms with van der Waals surface area (Å²) in [6, 6.07) is 6.56. The number of hydrogen-bond acceptors (Lipinski definition) is 5. The smallest absolute Gasteiger partial charge is 0.188 e. The molecule has 0 radical (unpaired) electrons. The molecule has 7 heteroatoms. The Kier molecular flexibility index (Phi) is 4.52. The Balaban J connectivity index is 2.18. The number of amidine groups is 1. The molecular formula is C13H13FN4OS. The van der Waals surface area contributed by atoms with Crippen molar-refractivity contribution < 1.29 is 9.60 Å². The highest BCUT2D eigenvalue weighted by molar-refractivity contribution is 7.98. The Morgan fingerprint density at radius 1 is 1.45 bits per heavy atom. The highest BCUT2D eigenvalue weighted by Gasteiger charge is 2.12. The van der Waals surface area contributed by atoms with Crippen LogP contribution in [0.4, 0.5) is 4.39 Å². The predicted octanol–water partition coefficient (Wildman–Crippen LogP) is 2.31. The lowest BCUT2D eigenvalue weighted by Crippen LogP contribution is -2.15. The molecule has 2 rings (SSSR count). The zero-order valence-electron chi connectivity index (χ0n) is 10.7. The Hall–Kier alpha value is -2.15. The summed E-state index contributed by atoms with van der Waals surface area (Å²) in [6.45, 7) is 1.87. The van der Waals surface area contributed by atoms with E-state index in [1.54, 1.807) is 24.4 Å². The van der Waals surface area contributed by atoms with Crippen LogP contribution in [0.5, 0.6) is 0 Å². The van der Waals surface area contributed by atoms with Gasteiger partial charge in [-0.2, -0.15) is 0 Å². The van der Waals surface area contributed by atoms with Gasteiger partial charge in [-0.05, 0) is 24.6 Å². The molecule has 0 spiro atoms. The van der Waals surface area contributed by atoms with E-state index in [0.717, 1.165) is 5.69 Å². The van der Waals surface area contributed by atoms with Crippen LogP contribution >= 0.6 is 11.8 Å². The minimum absolute atomic E-state index is 0.0794. The van der Waals surface area contributed by atoms with Crippen LogP contribution in [0.15, 0.2) is 40.8 Å². The molecule has 0 saturated carbocycles. The molecule has 104 valence electrons. The summed E-state index contributed by atoms with van der Waals surface area (Å²) in [5.74, 6) is -0.383. The summed E-state index contributed by atoms with van der Waals surface area (Å²) in [6.07, 6.45) is 1.66. The SMILES string of the molecule is Cc1ccnc(SCc2cccc(/C(N)=N/O)c2F)n1. The fraction of sp³-hybridized carbons (Fsp3) is 0.154. The Morgan fingerprint density at radius 3 is 2.95 bits per heavy atom. The van der Waals surface area contributed by atoms with E-state index in [1.165, 1.54) is 17.8 Å². The minimum Gasteiger partial charge on any atom is -0.409 e. The van der Waals surface area contributed by atoms with E-state index >= 15 is 0 Å². The number of oxime groups is 1. The van der Waals surface area contributed by atoms with Gasteiger partial charge in [0.2, 0.25) is 0 Å². The zero-order chi connectivity index (χ0) is 14.5. The van der Waals surface area contributed by atoms with Crippen LogP contribution in [-0.4, -0.2) is 21.0 Å². The predicted molar refractivity (Wildman–Crippen MR) is 75.2 cm³/mol. The molecule has 2 aromatic rings. The van der Waals surface area contributed by atoms with Crippen LogP contribution in [0.2, 0.25) is 0 Å². The van der Waals surface area contributed by atoms with E-state index in [2.05, 4.69) is 15.1 Å². The molecular weight excluding hydrogens is 279 g/mol. The molecule has 0 aliphatic heterocycles. The Labute approximate surface area is 119 Å². The Morgan fingerprint density at radius 2 is 2.25 bits per heavy atom. The van der Waals surface area contributed by atoms with Crippen LogP contribution in [0, 0.1) is 12.7 Å². The molecule has 0 aliphatic carbocycles. The lowest BCUT2D eigenvalue weighted by atomic mass is 10.1. The molecule has 0 unspecified atom stereocenters. The molecule has 1 aromatic heterocycles. The summed E-state index contributed by atoms with van der Waals surface area (Å²) in [4.78, 5) is 8.33. The second-order valence-corrected chi connectivity index (χ2v) is 4.98. The lowest BCUT2D eigenvalue weighted by Gasteiger charge is -2.06. The van der Waals surface area contributed by atoms with Gasteiger partial charge in [0.1, 0.15) is 5.82 Å². The summed E-state index contributed by atoms with van der Waals surface area (Å²) < 4.78 is 14.2. The topological polar surface area (TPSA) is 84.4 Å². The van der Waals surface area contributed by atoms with Crippen molar-refractivity contribution >= 4 is 17.6 Å². The maximum Gasteiger partial charge on any atom is 0.188 e. The first-order valence-corrected chi connectivity index (χ1v) is 6.78. The van der Waals surface area contributed by atoms with Crippen LogP contribution in [0.1, 0.15) is 16.8 Å². The molecule has 0 amide bonds. The molecule has 20 heavy (non-hydrogen) atoms. The molecule has 0 aliphatic rings. The molecule has 0 saturated heterocycles. The highest BCUT2D eigenvalue weighted by atomic mass is 32.2. The molecule has 5 nitrogen and oxygen atoms in total. The number of aryl methyl sites for hydroxylation is 1. The standard InChI is InChI=1S/C13H13FN4OS/c1-8-5-6-16-13(17-8)20-7-9-3-2-4-10(11(9)14)12(15)18-19/h2-6,19H,7H2,1H3,(H2,15,18). The van der Waals surface area contributed by atoms with Gasteiger partial charge in [-0.25, -0.2) is 14.4 Å². The second-order valence-electron chi connectivity index (χ2n) is 4.03. The van der Waals surface area contributed by atoms with Gasteiger partial charge in [-0.1, -0.05) is 29.1 Å². The molecule has 0 atom stereocenters. The third-order valence-corrected chi connectivity index (χ3v) is 3.50. The number of benzene rings is 1. The summed E-state index contributed by atoms with van der Waals surface area (Å²) >= 11 is 1.32. The first kappa shape index (κ1) is 14.3. The van der Waals surface area contributed by atoms with Gasteiger partial charge in [0.15, 0.2) is 11.0 Å². The fourth-order valence-corrected chi connectivity index (χ4v) is 2.43. The van der Waals surface area contributed by atoms with Gasteiger partial charge in [-0.15, -0.1) is 0 Å². The van der Waals surface area contributed by atoms with E-state index < -0.39 is 5.82 Å². The lowest BCUT2D eigenvalue weighted by molar-refractivity contribution is 0.318. The van der Waals surface area contributed by atoms with Gasteiger partial charge in [0.05, 0.1) is 5.56 Å². The van der Waals surface area contributed by atoms with E-state index in [1.807, 2.05) is 6.92 Å². The fourth-order valence-electron chi connectivity index (χ4n) is 1.58. The largest absolute Gasteiger partial charge is 0.409 e. The van der Waals surface area contributed by atoms with Crippen LogP contribution in [0.3, 0.4) is 0 Å². The van der Waals surface area contributed by atoms with Gasteiger partial charge >= 0.3 is 0 Å². The first-order valence-electron chi connectivity index (χ1n) is 5.79. The van der Waals surface area contributed by atoms with Crippen LogP contribution in [0.25, 0.3) is 0 Å². The van der Waals surface area contributed by atoms with Gasteiger partial charge in [0.25, 0.3) is 0 Å². The summed E-state index contributed by atoms with van der Waals surface area (Å²) in [5, 5.41) is 12.0. The van der Waals surface area contributed by atoms with Gasteiger partial charge in [-0.3, -0.25) is 0 Å². The minimum atomic E-state index is -0.497. The maximum atomic E-state index is 14.2. The van der Waals surface area contributed by atoms with E-state index in [9.17, 15) is 4.39 Å². The molecule has 0 fully saturated rings. The number of nitrogens with zero attached hydrogens (tertiary/aromatic N) is 3. The number of nitrogens with two attached hydrogens (primary N) is 1. The van der Waals surface area contributed by atoms with Crippen molar-refractivity contribution in [3.05, 3.63) is 53.1 Å². The summed E-state index contributed by atoms with van der Waals surface area (Å²) in [7, 11) is 0. The average molecular weight is 292 g/mol. The van der Waals surface area contributed by atoms with Crippen molar-refractivity contribution in [1.82, 2.24) is 9.97 Å². The number of rotatable bonds is 4. The van der Waals surface area contributed by atoms with Gasteiger partial charge < -0.3 is 10.9 Å². The highest BCUT2D eigenvalue weighted by Crippen LogP contribution is 2.22. The third kappa shape index (κ3) is 3.24. The number of aromatic nitrogens is 2. The monoisotopic (exact) mass is 292 g/mol. The van der Waals surface area contributed by atoms with E-state index in [-0.39, 0.29) is 11.4 Å². The number of halogens is 1. The first-order chi connectivity index (χ1) is 9.61. The van der Waals surface area contributed by atoms with Crippen molar-refractivity contribution in [2.75, 3.05) is 0 Å². The zero-order valence-corrected chi connectivity index (χ0v) is 11.6. The number of thioether (sulfide) groups is 1. The number of hydrogen-bond donors (Lipinski definition) is 2. The quantitative estimate of drug-likeness (QED) is 0.226. The third-order valence-electron chi connectivity index (χ3n) is 2.59. The Bertz CT molecular complexity index is 648. The van der Waals surface area contributed by atoms with Crippen LogP contribution < -0.4 is 5.73 Å². The summed E-state index contributed by atoms with van der Waals surface area (Å²) in [5.41, 5.74) is 6.80. The average Bonchev–Trinajstić information content (AvgIpc) is 2.45. The second kappa shape index (κ2) is 6.33. The van der Waals surface area contributed by atoms with Gasteiger partial charge in [0, 0.05) is 17.6 Å². The van der Waals surface area contributed by atoms with Crippen molar-refractivity contribution in [2.24, 2.45) is 10.9 Å². The van der Waals surface area contributed by atoms with Crippen molar-refractivity contribution in [1.29, 1.82) is 0 Å². The van der Waals surface area contributed by atoms with Crippen LogP contribution in [-0.2, 0) is 5.75 Å². The molecule has 1 heterocycles. The normalized spacial score (nSPS) is 11.6. The molecule has 1 aromatic carbocycles. The van der Waals surface area contributed by atoms with Crippen molar-refractivity contribution in [3.63, 3.8) is 0 Å². The molecule has 0 bridgehead atoms. The van der Waals surface area contributed by atoms with Crippen molar-refractivity contribution in [3.8, 4) is 0 Å². The maximum absolute atomic E-state index is 14.2. The van der Waals surface area contributed by atoms with E-state index in [4.69, 9.17) is 10.9 Å². The molecule has 3 N–H and O–H groups in total.